The van der Waals surface area contributed by atoms with E-state index in [0.717, 1.165) is 4.47 Å². The molecule has 1 aromatic heterocycles. The van der Waals surface area contributed by atoms with E-state index in [1.807, 2.05) is 0 Å². The van der Waals surface area contributed by atoms with Gasteiger partial charge < -0.3 is 0 Å². The first-order valence-electron chi connectivity index (χ1n) is 4.81. The maximum atomic E-state index is 12.0. The highest BCUT2D eigenvalue weighted by Gasteiger charge is 2.12. The molecule has 7 heteroatoms. The molecule has 2 aromatic rings. The molecule has 18 heavy (non-hydrogen) atoms. The van der Waals surface area contributed by atoms with Gasteiger partial charge in [0, 0.05) is 10.7 Å². The lowest BCUT2D eigenvalue weighted by Gasteiger charge is -2.05. The molecule has 2 rings (SSSR count). The molecule has 0 radical (unpaired) electrons. The fourth-order valence-corrected chi connectivity index (χ4v) is 1.94. The van der Waals surface area contributed by atoms with Gasteiger partial charge in [0.2, 0.25) is 5.95 Å². The molecule has 1 amide bonds. The SMILES string of the molecule is O=C(Nc1nccc(Cl)n1)c1cc(Br)ccc1Cl. The smallest absolute Gasteiger partial charge is 0.259 e. The zero-order valence-electron chi connectivity index (χ0n) is 8.82. The summed E-state index contributed by atoms with van der Waals surface area (Å²) in [6.45, 7) is 0. The van der Waals surface area contributed by atoms with Gasteiger partial charge >= 0.3 is 0 Å². The van der Waals surface area contributed by atoms with Crippen molar-refractivity contribution < 1.29 is 4.79 Å². The molecule has 0 fully saturated rings. The third kappa shape index (κ3) is 3.19. The molecule has 0 bridgehead atoms. The van der Waals surface area contributed by atoms with Gasteiger partial charge in [0.25, 0.3) is 5.91 Å². The van der Waals surface area contributed by atoms with Gasteiger partial charge in [-0.15, -0.1) is 0 Å². The molecule has 0 aliphatic carbocycles. The van der Waals surface area contributed by atoms with Gasteiger partial charge in [-0.3, -0.25) is 10.1 Å². The van der Waals surface area contributed by atoms with E-state index in [0.29, 0.717) is 10.6 Å². The minimum atomic E-state index is -0.399. The quantitative estimate of drug-likeness (QED) is 0.841. The largest absolute Gasteiger partial charge is 0.290 e. The molecule has 92 valence electrons. The Labute approximate surface area is 121 Å². The lowest BCUT2D eigenvalue weighted by molar-refractivity contribution is 0.102. The fraction of sp³-hybridized carbons (Fsp3) is 0. The van der Waals surface area contributed by atoms with E-state index >= 15 is 0 Å². The number of carbonyl (C=O) groups excluding carboxylic acids is 1. The number of hydrogen-bond acceptors (Lipinski definition) is 3. The number of benzene rings is 1. The van der Waals surface area contributed by atoms with Gasteiger partial charge in [0.15, 0.2) is 0 Å². The Balaban J connectivity index is 2.24. The maximum Gasteiger partial charge on any atom is 0.259 e. The van der Waals surface area contributed by atoms with Crippen LogP contribution in [-0.4, -0.2) is 15.9 Å². The highest BCUT2D eigenvalue weighted by molar-refractivity contribution is 9.10. The van der Waals surface area contributed by atoms with Crippen LogP contribution in [0.2, 0.25) is 10.2 Å². The van der Waals surface area contributed by atoms with Crippen LogP contribution < -0.4 is 5.32 Å². The van der Waals surface area contributed by atoms with Gasteiger partial charge in [-0.25, -0.2) is 9.97 Å². The van der Waals surface area contributed by atoms with Crippen LogP contribution in [0.3, 0.4) is 0 Å². The molecular weight excluding hydrogens is 341 g/mol. The van der Waals surface area contributed by atoms with Crippen LogP contribution in [0.25, 0.3) is 0 Å². The average Bonchev–Trinajstić information content (AvgIpc) is 2.32. The fourth-order valence-electron chi connectivity index (χ4n) is 1.24. The number of nitrogens with one attached hydrogen (secondary N) is 1. The zero-order chi connectivity index (χ0) is 13.1. The van der Waals surface area contributed by atoms with Crippen molar-refractivity contribution in [1.82, 2.24) is 9.97 Å². The minimum absolute atomic E-state index is 0.128. The average molecular weight is 347 g/mol. The van der Waals surface area contributed by atoms with Crippen molar-refractivity contribution in [2.75, 3.05) is 5.32 Å². The van der Waals surface area contributed by atoms with E-state index in [4.69, 9.17) is 23.2 Å². The number of carbonyl (C=O) groups is 1. The van der Waals surface area contributed by atoms with Crippen LogP contribution in [0, 0.1) is 0 Å². The molecular formula is C11H6BrCl2N3O. The molecule has 0 atom stereocenters. The highest BCUT2D eigenvalue weighted by Crippen LogP contribution is 2.21. The van der Waals surface area contributed by atoms with Crippen molar-refractivity contribution in [2.24, 2.45) is 0 Å². The number of aromatic nitrogens is 2. The normalized spacial score (nSPS) is 10.2. The van der Waals surface area contributed by atoms with Crippen molar-refractivity contribution in [3.05, 3.63) is 50.7 Å². The molecule has 0 saturated heterocycles. The number of anilines is 1. The van der Waals surface area contributed by atoms with Crippen molar-refractivity contribution in [3.8, 4) is 0 Å². The summed E-state index contributed by atoms with van der Waals surface area (Å²) < 4.78 is 0.754. The van der Waals surface area contributed by atoms with Gasteiger partial charge in [-0.05, 0) is 24.3 Å². The van der Waals surface area contributed by atoms with Crippen molar-refractivity contribution in [2.45, 2.75) is 0 Å². The molecule has 0 aliphatic heterocycles. The molecule has 1 N–H and O–H groups in total. The topological polar surface area (TPSA) is 54.9 Å². The molecule has 4 nitrogen and oxygen atoms in total. The summed E-state index contributed by atoms with van der Waals surface area (Å²) in [5.74, 6) is -0.271. The molecule has 0 spiro atoms. The van der Waals surface area contributed by atoms with Crippen molar-refractivity contribution in [3.63, 3.8) is 0 Å². The number of hydrogen-bond donors (Lipinski definition) is 1. The second-order valence-electron chi connectivity index (χ2n) is 3.28. The molecule has 0 saturated carbocycles. The second kappa shape index (κ2) is 5.65. The van der Waals surface area contributed by atoms with Gasteiger partial charge in [-0.2, -0.15) is 0 Å². The second-order valence-corrected chi connectivity index (χ2v) is 4.99. The Morgan fingerprint density at radius 1 is 1.28 bits per heavy atom. The van der Waals surface area contributed by atoms with Gasteiger partial charge in [0.1, 0.15) is 5.15 Å². The molecule has 1 heterocycles. The Hall–Kier alpha value is -1.17. The van der Waals surface area contributed by atoms with Crippen LogP contribution in [-0.2, 0) is 0 Å². The first-order valence-corrected chi connectivity index (χ1v) is 6.36. The van der Waals surface area contributed by atoms with E-state index in [2.05, 4.69) is 31.2 Å². The standard InChI is InChI=1S/C11H6BrCl2N3O/c12-6-1-2-8(13)7(5-6)10(18)17-11-15-4-3-9(14)16-11/h1-5H,(H,15,16,17,18). The molecule has 0 unspecified atom stereocenters. The van der Waals surface area contributed by atoms with Crippen molar-refractivity contribution >= 4 is 51.0 Å². The predicted octanol–water partition coefficient (Wildman–Crippen LogP) is 3.80. The summed E-state index contributed by atoms with van der Waals surface area (Å²) >= 11 is 14.9. The minimum Gasteiger partial charge on any atom is -0.290 e. The first kappa shape index (κ1) is 13.3. The number of rotatable bonds is 2. The predicted molar refractivity (Wildman–Crippen MR) is 74.1 cm³/mol. The Bertz CT molecular complexity index is 607. The van der Waals surface area contributed by atoms with Crippen molar-refractivity contribution in [1.29, 1.82) is 0 Å². The summed E-state index contributed by atoms with van der Waals surface area (Å²) in [6.07, 6.45) is 1.45. The van der Waals surface area contributed by atoms with Gasteiger partial charge in [0.05, 0.1) is 10.6 Å². The van der Waals surface area contributed by atoms with Gasteiger partial charge in [-0.1, -0.05) is 39.1 Å². The van der Waals surface area contributed by atoms with E-state index in [9.17, 15) is 4.79 Å². The zero-order valence-corrected chi connectivity index (χ0v) is 11.9. The van der Waals surface area contributed by atoms with E-state index < -0.39 is 5.91 Å². The maximum absolute atomic E-state index is 12.0. The monoisotopic (exact) mass is 345 g/mol. The van der Waals surface area contributed by atoms with E-state index in [-0.39, 0.29) is 11.1 Å². The Morgan fingerprint density at radius 3 is 2.78 bits per heavy atom. The summed E-state index contributed by atoms with van der Waals surface area (Å²) in [4.78, 5) is 19.7. The third-order valence-electron chi connectivity index (χ3n) is 2.02. The molecule has 1 aromatic carbocycles. The van der Waals surface area contributed by atoms with Crippen LogP contribution in [0.1, 0.15) is 10.4 Å². The number of amides is 1. The first-order chi connectivity index (χ1) is 8.56. The van der Waals surface area contributed by atoms with Crippen LogP contribution >= 0.6 is 39.1 Å². The van der Waals surface area contributed by atoms with Crippen LogP contribution in [0.5, 0.6) is 0 Å². The Kier molecular flexibility index (Phi) is 4.16. The van der Waals surface area contributed by atoms with Crippen LogP contribution in [0.15, 0.2) is 34.9 Å². The number of nitrogens with zero attached hydrogens (tertiary/aromatic N) is 2. The summed E-state index contributed by atoms with van der Waals surface area (Å²) in [5.41, 5.74) is 0.328. The summed E-state index contributed by atoms with van der Waals surface area (Å²) in [5, 5.41) is 3.11. The lowest BCUT2D eigenvalue weighted by atomic mass is 10.2. The summed E-state index contributed by atoms with van der Waals surface area (Å²) in [6, 6.07) is 6.50. The van der Waals surface area contributed by atoms with E-state index in [1.54, 1.807) is 18.2 Å². The highest BCUT2D eigenvalue weighted by atomic mass is 79.9. The molecule has 0 aliphatic rings. The number of halogens is 3. The van der Waals surface area contributed by atoms with E-state index in [1.165, 1.54) is 12.3 Å². The third-order valence-corrected chi connectivity index (χ3v) is 3.05. The summed E-state index contributed by atoms with van der Waals surface area (Å²) in [7, 11) is 0. The van der Waals surface area contributed by atoms with Crippen LogP contribution in [0.4, 0.5) is 5.95 Å². The Morgan fingerprint density at radius 2 is 2.06 bits per heavy atom. The lowest BCUT2D eigenvalue weighted by Crippen LogP contribution is -2.14.